The van der Waals surface area contributed by atoms with Gasteiger partial charge in [-0.25, -0.2) is 8.78 Å². The molecular formula is C22H26F2N2O. The second-order valence-electron chi connectivity index (χ2n) is 7.77. The van der Waals surface area contributed by atoms with Crippen molar-refractivity contribution >= 4 is 0 Å². The molecule has 3 aliphatic rings. The van der Waals surface area contributed by atoms with E-state index in [1.807, 2.05) is 12.1 Å². The number of fused-ring (bicyclic) bond motifs is 4. The van der Waals surface area contributed by atoms with Crippen LogP contribution < -0.4 is 4.74 Å². The molecule has 5 rings (SSSR count). The standard InChI is InChI=1S/C22H26F2N2O/c1-27-19-9-6-16(7-10-19)11-25-12-17-5-8-18(14-25)26(13-17)15-20-21(23)3-2-4-22(20)24/h2-4,6-7,9-10,17-18H,5,8,11-15H2,1H3/t17-,18+/m1/s1. The largest absolute Gasteiger partial charge is 0.497 e. The van der Waals surface area contributed by atoms with E-state index in [-0.39, 0.29) is 5.56 Å². The highest BCUT2D eigenvalue weighted by Crippen LogP contribution is 2.31. The molecule has 0 radical (unpaired) electrons. The maximum atomic E-state index is 14.1. The number of piperidine rings is 1. The Balaban J connectivity index is 1.45. The number of benzene rings is 2. The van der Waals surface area contributed by atoms with Crippen LogP contribution in [0, 0.1) is 17.6 Å². The number of hydrogen-bond donors (Lipinski definition) is 0. The molecule has 3 saturated heterocycles. The van der Waals surface area contributed by atoms with Crippen LogP contribution in [0.3, 0.4) is 0 Å². The first-order valence-corrected chi connectivity index (χ1v) is 9.64. The van der Waals surface area contributed by atoms with Gasteiger partial charge < -0.3 is 4.74 Å². The summed E-state index contributed by atoms with van der Waals surface area (Å²) in [6.45, 7) is 4.16. The van der Waals surface area contributed by atoms with Gasteiger partial charge in [-0.1, -0.05) is 18.2 Å². The van der Waals surface area contributed by atoms with Crippen LogP contribution in [-0.2, 0) is 13.1 Å². The van der Waals surface area contributed by atoms with E-state index in [0.717, 1.165) is 38.3 Å². The van der Waals surface area contributed by atoms with Crippen LogP contribution in [0.1, 0.15) is 24.0 Å². The third kappa shape index (κ3) is 4.14. The Labute approximate surface area is 159 Å². The van der Waals surface area contributed by atoms with Crippen molar-refractivity contribution in [3.63, 3.8) is 0 Å². The summed E-state index contributed by atoms with van der Waals surface area (Å²) in [4.78, 5) is 4.77. The summed E-state index contributed by atoms with van der Waals surface area (Å²) >= 11 is 0. The molecule has 0 spiro atoms. The van der Waals surface area contributed by atoms with Gasteiger partial charge in [0.25, 0.3) is 0 Å². The van der Waals surface area contributed by atoms with Crippen molar-refractivity contribution in [2.24, 2.45) is 5.92 Å². The third-order valence-electron chi connectivity index (χ3n) is 5.89. The van der Waals surface area contributed by atoms with E-state index in [9.17, 15) is 8.78 Å². The summed E-state index contributed by atoms with van der Waals surface area (Å²) in [6, 6.07) is 12.7. The lowest BCUT2D eigenvalue weighted by Crippen LogP contribution is -2.43. The van der Waals surface area contributed by atoms with E-state index in [2.05, 4.69) is 21.9 Å². The maximum Gasteiger partial charge on any atom is 0.130 e. The van der Waals surface area contributed by atoms with Gasteiger partial charge in [-0.05, 0) is 48.6 Å². The highest BCUT2D eigenvalue weighted by molar-refractivity contribution is 5.27. The molecule has 2 bridgehead atoms. The van der Waals surface area contributed by atoms with Gasteiger partial charge in [0.2, 0.25) is 0 Å². The number of rotatable bonds is 5. The van der Waals surface area contributed by atoms with E-state index in [1.165, 1.54) is 30.2 Å². The molecule has 2 atom stereocenters. The molecular weight excluding hydrogens is 346 g/mol. The fourth-order valence-electron chi connectivity index (χ4n) is 4.47. The van der Waals surface area contributed by atoms with E-state index >= 15 is 0 Å². The van der Waals surface area contributed by atoms with Crippen molar-refractivity contribution in [1.29, 1.82) is 0 Å². The Morgan fingerprint density at radius 2 is 1.67 bits per heavy atom. The van der Waals surface area contributed by atoms with E-state index in [0.29, 0.717) is 18.5 Å². The molecule has 0 amide bonds. The van der Waals surface area contributed by atoms with Crippen molar-refractivity contribution in [2.45, 2.75) is 32.0 Å². The zero-order valence-corrected chi connectivity index (χ0v) is 15.7. The topological polar surface area (TPSA) is 15.7 Å². The number of halogens is 2. The molecule has 27 heavy (non-hydrogen) atoms. The van der Waals surface area contributed by atoms with Crippen molar-refractivity contribution < 1.29 is 13.5 Å². The van der Waals surface area contributed by atoms with E-state index in [4.69, 9.17) is 4.74 Å². The number of ether oxygens (including phenoxy) is 1. The molecule has 3 fully saturated rings. The molecule has 0 aromatic heterocycles. The number of methoxy groups -OCH3 is 1. The SMILES string of the molecule is COc1ccc(CN2C[C@H]3CC[C@@H](C2)N(Cc2c(F)cccc2F)C3)cc1. The average Bonchev–Trinajstić information content (AvgIpc) is 2.96. The quantitative estimate of drug-likeness (QED) is 0.787. The average molecular weight is 372 g/mol. The first-order chi connectivity index (χ1) is 13.1. The first-order valence-electron chi connectivity index (χ1n) is 9.64. The normalized spacial score (nSPS) is 23.4. The number of nitrogens with zero attached hydrogens (tertiary/aromatic N) is 2. The lowest BCUT2D eigenvalue weighted by Gasteiger charge is -2.36. The molecule has 0 N–H and O–H groups in total. The second kappa shape index (κ2) is 7.95. The van der Waals surface area contributed by atoms with E-state index < -0.39 is 11.6 Å². The summed E-state index contributed by atoms with van der Waals surface area (Å²) in [7, 11) is 1.68. The Morgan fingerprint density at radius 1 is 0.926 bits per heavy atom. The van der Waals surface area contributed by atoms with Crippen LogP contribution in [0.5, 0.6) is 5.75 Å². The zero-order chi connectivity index (χ0) is 18.8. The van der Waals surface area contributed by atoms with Crippen molar-refractivity contribution in [2.75, 3.05) is 26.7 Å². The second-order valence-corrected chi connectivity index (χ2v) is 7.77. The Kier molecular flexibility index (Phi) is 5.41. The molecule has 3 heterocycles. The monoisotopic (exact) mass is 372 g/mol. The van der Waals surface area contributed by atoms with Gasteiger partial charge >= 0.3 is 0 Å². The van der Waals surface area contributed by atoms with Crippen LogP contribution in [0.15, 0.2) is 42.5 Å². The summed E-state index contributed by atoms with van der Waals surface area (Å²) in [6.07, 6.45) is 2.29. The molecule has 0 aliphatic carbocycles. The van der Waals surface area contributed by atoms with Gasteiger partial charge in [0, 0.05) is 44.3 Å². The predicted molar refractivity (Wildman–Crippen MR) is 102 cm³/mol. The lowest BCUT2D eigenvalue weighted by atomic mass is 9.94. The van der Waals surface area contributed by atoms with Crippen molar-refractivity contribution in [3.05, 3.63) is 65.2 Å². The van der Waals surface area contributed by atoms with Gasteiger partial charge in [-0.15, -0.1) is 0 Å². The molecule has 0 saturated carbocycles. The Hall–Kier alpha value is -1.98. The molecule has 2 aromatic rings. The predicted octanol–water partition coefficient (Wildman–Crippen LogP) is 4.07. The molecule has 3 aliphatic heterocycles. The molecule has 5 heteroatoms. The smallest absolute Gasteiger partial charge is 0.130 e. The summed E-state index contributed by atoms with van der Waals surface area (Å²) in [5.74, 6) is 0.542. The number of hydrogen-bond acceptors (Lipinski definition) is 3. The molecule has 3 nitrogen and oxygen atoms in total. The fraction of sp³-hybridized carbons (Fsp3) is 0.455. The van der Waals surface area contributed by atoms with Crippen molar-refractivity contribution in [3.8, 4) is 5.75 Å². The van der Waals surface area contributed by atoms with Crippen molar-refractivity contribution in [1.82, 2.24) is 9.80 Å². The van der Waals surface area contributed by atoms with Crippen LogP contribution in [0.4, 0.5) is 8.78 Å². The Bertz CT molecular complexity index is 760. The van der Waals surface area contributed by atoms with Crippen LogP contribution in [0.2, 0.25) is 0 Å². The first kappa shape index (κ1) is 18.4. The zero-order valence-electron chi connectivity index (χ0n) is 15.7. The van der Waals surface area contributed by atoms with Crippen LogP contribution >= 0.6 is 0 Å². The molecule has 2 aromatic carbocycles. The van der Waals surface area contributed by atoms with Gasteiger partial charge in [-0.3, -0.25) is 9.80 Å². The minimum Gasteiger partial charge on any atom is -0.497 e. The minimum atomic E-state index is -0.440. The fourth-order valence-corrected chi connectivity index (χ4v) is 4.47. The highest BCUT2D eigenvalue weighted by Gasteiger charge is 2.35. The van der Waals surface area contributed by atoms with E-state index in [1.54, 1.807) is 7.11 Å². The van der Waals surface area contributed by atoms with Gasteiger partial charge in [0.05, 0.1) is 7.11 Å². The summed E-state index contributed by atoms with van der Waals surface area (Å²) < 4.78 is 33.4. The molecule has 0 unspecified atom stereocenters. The maximum absolute atomic E-state index is 14.1. The van der Waals surface area contributed by atoms with Gasteiger partial charge in [-0.2, -0.15) is 0 Å². The van der Waals surface area contributed by atoms with Gasteiger partial charge in [0.1, 0.15) is 17.4 Å². The lowest BCUT2D eigenvalue weighted by molar-refractivity contribution is 0.120. The van der Waals surface area contributed by atoms with Crippen LogP contribution in [-0.4, -0.2) is 42.6 Å². The van der Waals surface area contributed by atoms with Crippen LogP contribution in [0.25, 0.3) is 0 Å². The summed E-state index contributed by atoms with van der Waals surface area (Å²) in [5.41, 5.74) is 1.47. The molecule has 144 valence electrons. The summed E-state index contributed by atoms with van der Waals surface area (Å²) in [5, 5.41) is 0. The highest BCUT2D eigenvalue weighted by atomic mass is 19.1. The Morgan fingerprint density at radius 3 is 2.37 bits per heavy atom. The third-order valence-corrected chi connectivity index (χ3v) is 5.89. The van der Waals surface area contributed by atoms with Gasteiger partial charge in [0.15, 0.2) is 0 Å². The minimum absolute atomic E-state index is 0.201.